The first-order chi connectivity index (χ1) is 11.6. The number of nitrogens with zero attached hydrogens (tertiary/aromatic N) is 1. The number of fused-ring (bicyclic) bond motifs is 1. The van der Waals surface area contributed by atoms with Gasteiger partial charge in [-0.3, -0.25) is 9.69 Å². The number of hydrogen-bond acceptors (Lipinski definition) is 2. The second-order valence-corrected chi connectivity index (χ2v) is 6.77. The first kappa shape index (κ1) is 14.9. The Bertz CT molecular complexity index is 816. The summed E-state index contributed by atoms with van der Waals surface area (Å²) in [5.41, 5.74) is 3.50. The van der Waals surface area contributed by atoms with Crippen molar-refractivity contribution in [2.24, 2.45) is 0 Å². The van der Waals surface area contributed by atoms with Crippen LogP contribution in [0, 0.1) is 0 Å². The van der Waals surface area contributed by atoms with Crippen molar-refractivity contribution in [3.63, 3.8) is 0 Å². The molecule has 1 atom stereocenters. The van der Waals surface area contributed by atoms with Gasteiger partial charge in [0.2, 0.25) is 0 Å². The number of carbonyl (C=O) groups excluding carboxylic acids is 2. The topological polar surface area (TPSA) is 49.4 Å². The third kappa shape index (κ3) is 2.30. The van der Waals surface area contributed by atoms with Crippen LogP contribution in [-0.4, -0.2) is 16.8 Å². The number of amides is 3. The number of carbonyl (C=O) groups is 2. The Balaban J connectivity index is 1.64. The number of nitrogens with one attached hydrogen (secondary N) is 1. The lowest BCUT2D eigenvalue weighted by molar-refractivity contribution is -0.131. The molecule has 0 aromatic heterocycles. The molecule has 2 aromatic carbocycles. The highest BCUT2D eigenvalue weighted by molar-refractivity contribution is 6.07. The molecule has 4 heteroatoms. The van der Waals surface area contributed by atoms with Gasteiger partial charge in [-0.2, -0.15) is 0 Å². The van der Waals surface area contributed by atoms with Gasteiger partial charge in [-0.25, -0.2) is 4.79 Å². The van der Waals surface area contributed by atoms with Gasteiger partial charge in [0, 0.05) is 0 Å². The zero-order valence-electron chi connectivity index (χ0n) is 13.7. The predicted molar refractivity (Wildman–Crippen MR) is 91.3 cm³/mol. The summed E-state index contributed by atoms with van der Waals surface area (Å²) >= 11 is 0. The molecule has 2 aliphatic rings. The maximum absolute atomic E-state index is 13.0. The van der Waals surface area contributed by atoms with Crippen molar-refractivity contribution in [2.45, 2.75) is 38.3 Å². The summed E-state index contributed by atoms with van der Waals surface area (Å²) in [7, 11) is 0. The van der Waals surface area contributed by atoms with Gasteiger partial charge in [0.05, 0.1) is 6.54 Å². The van der Waals surface area contributed by atoms with E-state index in [0.29, 0.717) is 6.54 Å². The van der Waals surface area contributed by atoms with Crippen LogP contribution in [0.1, 0.15) is 35.6 Å². The van der Waals surface area contributed by atoms with E-state index in [-0.39, 0.29) is 11.9 Å². The molecule has 1 aliphatic carbocycles. The molecule has 0 spiro atoms. The number of aryl methyl sites for hydroxylation is 2. The first-order valence-corrected chi connectivity index (χ1v) is 8.38. The molecule has 0 unspecified atom stereocenters. The molecule has 1 aliphatic heterocycles. The Kier molecular flexibility index (Phi) is 3.41. The van der Waals surface area contributed by atoms with Gasteiger partial charge in [0.25, 0.3) is 5.91 Å². The molecule has 122 valence electrons. The highest BCUT2D eigenvalue weighted by atomic mass is 16.2. The summed E-state index contributed by atoms with van der Waals surface area (Å²) in [4.78, 5) is 26.7. The van der Waals surface area contributed by atoms with E-state index in [1.54, 1.807) is 6.92 Å². The SMILES string of the molecule is C[C@@]1(c2ccc3c(c2)CCC3)NC(=O)N(Cc2ccccc2)C1=O. The second kappa shape index (κ2) is 5.48. The molecule has 1 heterocycles. The van der Waals surface area contributed by atoms with E-state index in [1.807, 2.05) is 36.4 Å². The Morgan fingerprint density at radius 3 is 2.58 bits per heavy atom. The van der Waals surface area contributed by atoms with E-state index >= 15 is 0 Å². The molecular weight excluding hydrogens is 300 g/mol. The van der Waals surface area contributed by atoms with Crippen LogP contribution in [-0.2, 0) is 29.7 Å². The summed E-state index contributed by atoms with van der Waals surface area (Å²) in [5, 5.41) is 2.90. The molecule has 0 saturated carbocycles. The minimum atomic E-state index is -0.983. The Hall–Kier alpha value is -2.62. The number of rotatable bonds is 3. The van der Waals surface area contributed by atoms with Gasteiger partial charge in [-0.05, 0) is 48.4 Å². The van der Waals surface area contributed by atoms with Crippen LogP contribution < -0.4 is 5.32 Å². The summed E-state index contributed by atoms with van der Waals surface area (Å²) in [6, 6.07) is 15.4. The molecule has 1 N–H and O–H groups in total. The molecule has 0 bridgehead atoms. The van der Waals surface area contributed by atoms with Gasteiger partial charge in [-0.15, -0.1) is 0 Å². The third-order valence-electron chi connectivity index (χ3n) is 5.13. The fraction of sp³-hybridized carbons (Fsp3) is 0.300. The van der Waals surface area contributed by atoms with Crippen molar-refractivity contribution in [3.05, 3.63) is 70.8 Å². The first-order valence-electron chi connectivity index (χ1n) is 8.38. The molecule has 3 amide bonds. The van der Waals surface area contributed by atoms with Crippen LogP contribution in [0.3, 0.4) is 0 Å². The highest BCUT2D eigenvalue weighted by Gasteiger charge is 2.49. The van der Waals surface area contributed by atoms with Crippen molar-refractivity contribution < 1.29 is 9.59 Å². The average Bonchev–Trinajstić information content (AvgIpc) is 3.14. The van der Waals surface area contributed by atoms with E-state index in [9.17, 15) is 9.59 Å². The lowest BCUT2D eigenvalue weighted by atomic mass is 9.89. The van der Waals surface area contributed by atoms with Crippen LogP contribution in [0.25, 0.3) is 0 Å². The second-order valence-electron chi connectivity index (χ2n) is 6.77. The monoisotopic (exact) mass is 320 g/mol. The van der Waals surface area contributed by atoms with Gasteiger partial charge >= 0.3 is 6.03 Å². The smallest absolute Gasteiger partial charge is 0.319 e. The van der Waals surface area contributed by atoms with Crippen molar-refractivity contribution in [1.82, 2.24) is 10.2 Å². The van der Waals surface area contributed by atoms with Crippen LogP contribution in [0.15, 0.2) is 48.5 Å². The quantitative estimate of drug-likeness (QED) is 0.883. The third-order valence-corrected chi connectivity index (χ3v) is 5.13. The molecule has 0 radical (unpaired) electrons. The van der Waals surface area contributed by atoms with E-state index < -0.39 is 5.54 Å². The number of hydrogen-bond donors (Lipinski definition) is 1. The maximum atomic E-state index is 13.0. The van der Waals surface area contributed by atoms with E-state index in [0.717, 1.165) is 30.4 Å². The lowest BCUT2D eigenvalue weighted by Crippen LogP contribution is -2.40. The van der Waals surface area contributed by atoms with Crippen LogP contribution >= 0.6 is 0 Å². The average molecular weight is 320 g/mol. The summed E-state index contributed by atoms with van der Waals surface area (Å²) in [6.45, 7) is 2.10. The molecule has 4 nitrogen and oxygen atoms in total. The normalized spacial score (nSPS) is 22.6. The van der Waals surface area contributed by atoms with Crippen LogP contribution in [0.2, 0.25) is 0 Å². The molecular formula is C20H20N2O2. The minimum absolute atomic E-state index is 0.186. The zero-order valence-corrected chi connectivity index (χ0v) is 13.7. The molecule has 1 saturated heterocycles. The molecule has 4 rings (SSSR count). The van der Waals surface area contributed by atoms with Crippen LogP contribution in [0.4, 0.5) is 4.79 Å². The lowest BCUT2D eigenvalue weighted by Gasteiger charge is -2.23. The van der Waals surface area contributed by atoms with Crippen molar-refractivity contribution >= 4 is 11.9 Å². The van der Waals surface area contributed by atoms with Crippen molar-refractivity contribution in [2.75, 3.05) is 0 Å². The Morgan fingerprint density at radius 2 is 1.79 bits per heavy atom. The highest BCUT2D eigenvalue weighted by Crippen LogP contribution is 2.33. The number of imide groups is 1. The Morgan fingerprint density at radius 1 is 1.04 bits per heavy atom. The van der Waals surface area contributed by atoms with Gasteiger partial charge in [0.15, 0.2) is 0 Å². The van der Waals surface area contributed by atoms with Crippen molar-refractivity contribution in [3.8, 4) is 0 Å². The molecule has 2 aromatic rings. The fourth-order valence-corrected chi connectivity index (χ4v) is 3.69. The number of benzene rings is 2. The molecule has 1 fully saturated rings. The van der Waals surface area contributed by atoms with Gasteiger partial charge in [-0.1, -0.05) is 48.5 Å². The van der Waals surface area contributed by atoms with E-state index in [4.69, 9.17) is 0 Å². The number of urea groups is 1. The summed E-state index contributed by atoms with van der Waals surface area (Å²) < 4.78 is 0. The molecule has 24 heavy (non-hydrogen) atoms. The van der Waals surface area contributed by atoms with Crippen molar-refractivity contribution in [1.29, 1.82) is 0 Å². The summed E-state index contributed by atoms with van der Waals surface area (Å²) in [5.74, 6) is -0.186. The van der Waals surface area contributed by atoms with E-state index in [1.165, 1.54) is 16.0 Å². The van der Waals surface area contributed by atoms with Crippen LogP contribution in [0.5, 0.6) is 0 Å². The zero-order chi connectivity index (χ0) is 16.7. The predicted octanol–water partition coefficient (Wildman–Crippen LogP) is 3.14. The van der Waals surface area contributed by atoms with Gasteiger partial charge in [0.1, 0.15) is 5.54 Å². The maximum Gasteiger partial charge on any atom is 0.325 e. The largest absolute Gasteiger partial charge is 0.325 e. The van der Waals surface area contributed by atoms with Gasteiger partial charge < -0.3 is 5.32 Å². The standard InChI is InChI=1S/C20H20N2O2/c1-20(17-11-10-15-8-5-9-16(15)12-17)18(23)22(19(24)21-20)13-14-6-3-2-4-7-14/h2-4,6-7,10-12H,5,8-9,13H2,1H3,(H,21,24)/t20-/m0/s1. The minimum Gasteiger partial charge on any atom is -0.319 e. The fourth-order valence-electron chi connectivity index (χ4n) is 3.69. The Labute approximate surface area is 141 Å². The van der Waals surface area contributed by atoms with E-state index in [2.05, 4.69) is 17.4 Å². The summed E-state index contributed by atoms with van der Waals surface area (Å²) in [6.07, 6.45) is 3.32.